The molecule has 8 nitrogen and oxygen atoms in total. The monoisotopic (exact) mass is 405 g/mol. The zero-order valence-electron chi connectivity index (χ0n) is 17.5. The van der Waals surface area contributed by atoms with Crippen molar-refractivity contribution in [3.8, 4) is 5.82 Å². The number of hydrogen-bond acceptors (Lipinski definition) is 7. The van der Waals surface area contributed by atoms with E-state index in [-0.39, 0.29) is 0 Å². The Morgan fingerprint density at radius 2 is 1.80 bits per heavy atom. The molecular weight excluding hydrogens is 378 g/mol. The third-order valence-corrected chi connectivity index (χ3v) is 5.76. The molecule has 4 heterocycles. The molecule has 0 saturated carbocycles. The summed E-state index contributed by atoms with van der Waals surface area (Å²) in [7, 11) is 0. The van der Waals surface area contributed by atoms with E-state index in [2.05, 4.69) is 55.3 Å². The molecule has 0 aliphatic carbocycles. The number of pyridine rings is 1. The number of aromatic nitrogens is 4. The molecule has 0 spiro atoms. The predicted octanol–water partition coefficient (Wildman–Crippen LogP) is 2.54. The van der Waals surface area contributed by atoms with E-state index >= 15 is 0 Å². The molecule has 0 atom stereocenters. The van der Waals surface area contributed by atoms with Gasteiger partial charge in [0.1, 0.15) is 6.33 Å². The minimum atomic E-state index is 0.560. The topological polar surface area (TPSA) is 71.3 Å². The van der Waals surface area contributed by atoms with Gasteiger partial charge in [-0.05, 0) is 55.3 Å². The van der Waals surface area contributed by atoms with Crippen molar-refractivity contribution >= 4 is 17.3 Å². The summed E-state index contributed by atoms with van der Waals surface area (Å²) in [4.78, 5) is 13.8. The highest BCUT2D eigenvalue weighted by atomic mass is 16.5. The standard InChI is InChI=1S/C22H27N7O/c1-16-3-4-23-21(11-16)29-15-24-22(26-29)25-18-9-17(2)10-19(12-18)27-5-7-28(8-6-27)20-13-30-14-20/h3-4,9-12,15,20H,5-8,13-14H2,1-2H3,(H,25,26). The quantitative estimate of drug-likeness (QED) is 0.699. The van der Waals surface area contributed by atoms with Crippen molar-refractivity contribution in [2.24, 2.45) is 0 Å². The van der Waals surface area contributed by atoms with Crippen LogP contribution in [0.2, 0.25) is 0 Å². The van der Waals surface area contributed by atoms with Crippen LogP contribution in [0.15, 0.2) is 42.9 Å². The highest BCUT2D eigenvalue weighted by Gasteiger charge is 2.29. The van der Waals surface area contributed by atoms with Gasteiger partial charge >= 0.3 is 0 Å². The molecule has 2 fully saturated rings. The van der Waals surface area contributed by atoms with Gasteiger partial charge in [0.15, 0.2) is 5.82 Å². The Bertz CT molecular complexity index is 1020. The first-order valence-electron chi connectivity index (χ1n) is 10.4. The average molecular weight is 406 g/mol. The second-order valence-electron chi connectivity index (χ2n) is 8.10. The van der Waals surface area contributed by atoms with Crippen LogP contribution in [0.5, 0.6) is 0 Å². The normalized spacial score (nSPS) is 17.7. The van der Waals surface area contributed by atoms with Gasteiger partial charge in [0.2, 0.25) is 5.95 Å². The number of hydrogen-bond donors (Lipinski definition) is 1. The van der Waals surface area contributed by atoms with Crippen molar-refractivity contribution < 1.29 is 4.74 Å². The number of benzene rings is 1. The zero-order valence-corrected chi connectivity index (χ0v) is 17.5. The van der Waals surface area contributed by atoms with Crippen molar-refractivity contribution in [3.05, 3.63) is 54.0 Å². The summed E-state index contributed by atoms with van der Waals surface area (Å²) in [5.41, 5.74) is 4.58. The number of anilines is 3. The molecule has 2 aliphatic heterocycles. The predicted molar refractivity (Wildman–Crippen MR) is 117 cm³/mol. The third-order valence-electron chi connectivity index (χ3n) is 5.76. The lowest BCUT2D eigenvalue weighted by molar-refractivity contribution is -0.0660. The molecule has 0 amide bonds. The van der Waals surface area contributed by atoms with Crippen molar-refractivity contribution in [1.82, 2.24) is 24.6 Å². The second kappa shape index (κ2) is 8.04. The average Bonchev–Trinajstić information content (AvgIpc) is 3.15. The lowest BCUT2D eigenvalue weighted by Gasteiger charge is -2.43. The van der Waals surface area contributed by atoms with Crippen molar-refractivity contribution in [2.75, 3.05) is 49.6 Å². The molecule has 1 N–H and O–H groups in total. The molecule has 5 rings (SSSR count). The van der Waals surface area contributed by atoms with Gasteiger partial charge in [0.25, 0.3) is 0 Å². The molecule has 2 aromatic heterocycles. The summed E-state index contributed by atoms with van der Waals surface area (Å²) < 4.78 is 7.03. The van der Waals surface area contributed by atoms with E-state index in [0.717, 1.165) is 56.5 Å². The number of nitrogens with one attached hydrogen (secondary N) is 1. The fraction of sp³-hybridized carbons (Fsp3) is 0.409. The second-order valence-corrected chi connectivity index (χ2v) is 8.10. The van der Waals surface area contributed by atoms with Gasteiger partial charge in [-0.15, -0.1) is 5.10 Å². The Kier molecular flexibility index (Phi) is 5.10. The van der Waals surface area contributed by atoms with Gasteiger partial charge < -0.3 is 15.0 Å². The first-order valence-corrected chi connectivity index (χ1v) is 10.4. The van der Waals surface area contributed by atoms with Gasteiger partial charge in [-0.2, -0.15) is 4.98 Å². The van der Waals surface area contributed by atoms with E-state index in [1.807, 2.05) is 19.1 Å². The Balaban J connectivity index is 1.28. The molecule has 3 aromatic rings. The van der Waals surface area contributed by atoms with Crippen LogP contribution in [0.4, 0.5) is 17.3 Å². The number of ether oxygens (including phenoxy) is 1. The highest BCUT2D eigenvalue weighted by Crippen LogP contribution is 2.26. The summed E-state index contributed by atoms with van der Waals surface area (Å²) in [6.07, 6.45) is 3.47. The van der Waals surface area contributed by atoms with Gasteiger partial charge in [-0.25, -0.2) is 9.67 Å². The zero-order chi connectivity index (χ0) is 20.5. The minimum absolute atomic E-state index is 0.560. The lowest BCUT2D eigenvalue weighted by atomic mass is 10.1. The summed E-state index contributed by atoms with van der Waals surface area (Å²) in [5, 5.41) is 7.88. The van der Waals surface area contributed by atoms with Crippen LogP contribution in [0, 0.1) is 13.8 Å². The van der Waals surface area contributed by atoms with Crippen LogP contribution in [-0.4, -0.2) is 70.1 Å². The Morgan fingerprint density at radius 3 is 2.53 bits per heavy atom. The maximum atomic E-state index is 5.34. The molecule has 1 aromatic carbocycles. The fourth-order valence-corrected chi connectivity index (χ4v) is 4.00. The number of piperazine rings is 1. The molecule has 156 valence electrons. The first kappa shape index (κ1) is 19.0. The van der Waals surface area contributed by atoms with E-state index in [1.54, 1.807) is 17.2 Å². The molecule has 0 unspecified atom stereocenters. The van der Waals surface area contributed by atoms with Gasteiger partial charge in [-0.1, -0.05) is 0 Å². The molecule has 2 aliphatic rings. The summed E-state index contributed by atoms with van der Waals surface area (Å²) >= 11 is 0. The molecule has 0 radical (unpaired) electrons. The molecule has 8 heteroatoms. The Morgan fingerprint density at radius 1 is 0.967 bits per heavy atom. The molecular formula is C22H27N7O. The fourth-order valence-electron chi connectivity index (χ4n) is 4.00. The summed E-state index contributed by atoms with van der Waals surface area (Å²) in [6, 6.07) is 11.1. The number of aryl methyl sites for hydroxylation is 2. The first-order chi connectivity index (χ1) is 14.6. The van der Waals surface area contributed by atoms with E-state index < -0.39 is 0 Å². The van der Waals surface area contributed by atoms with E-state index in [9.17, 15) is 0 Å². The molecule has 2 saturated heterocycles. The van der Waals surface area contributed by atoms with Crippen LogP contribution in [0.3, 0.4) is 0 Å². The van der Waals surface area contributed by atoms with E-state index in [0.29, 0.717) is 12.0 Å². The van der Waals surface area contributed by atoms with Gasteiger partial charge in [0.05, 0.1) is 19.3 Å². The van der Waals surface area contributed by atoms with Gasteiger partial charge in [-0.3, -0.25) is 4.90 Å². The van der Waals surface area contributed by atoms with Gasteiger partial charge in [0, 0.05) is 43.8 Å². The van der Waals surface area contributed by atoms with Crippen molar-refractivity contribution in [1.29, 1.82) is 0 Å². The van der Waals surface area contributed by atoms with E-state index in [4.69, 9.17) is 4.74 Å². The van der Waals surface area contributed by atoms with Crippen LogP contribution in [0.25, 0.3) is 5.82 Å². The minimum Gasteiger partial charge on any atom is -0.378 e. The van der Waals surface area contributed by atoms with Crippen LogP contribution >= 0.6 is 0 Å². The Hall–Kier alpha value is -2.97. The van der Waals surface area contributed by atoms with Crippen LogP contribution in [0.1, 0.15) is 11.1 Å². The highest BCUT2D eigenvalue weighted by molar-refractivity contribution is 5.64. The molecule has 30 heavy (non-hydrogen) atoms. The SMILES string of the molecule is Cc1cc(Nc2ncn(-c3cc(C)ccn3)n2)cc(N2CCN(C3COC3)CC2)c1. The smallest absolute Gasteiger partial charge is 0.247 e. The Labute approximate surface area is 176 Å². The van der Waals surface area contributed by atoms with E-state index in [1.165, 1.54) is 11.3 Å². The largest absolute Gasteiger partial charge is 0.378 e. The third kappa shape index (κ3) is 4.01. The number of rotatable bonds is 5. The maximum Gasteiger partial charge on any atom is 0.247 e. The van der Waals surface area contributed by atoms with Crippen molar-refractivity contribution in [3.63, 3.8) is 0 Å². The summed E-state index contributed by atoms with van der Waals surface area (Å²) in [5.74, 6) is 1.32. The van der Waals surface area contributed by atoms with Crippen LogP contribution < -0.4 is 10.2 Å². The molecule has 0 bridgehead atoms. The lowest BCUT2D eigenvalue weighted by Crippen LogP contribution is -2.56. The number of nitrogens with zero attached hydrogens (tertiary/aromatic N) is 6. The maximum absolute atomic E-state index is 5.34. The summed E-state index contributed by atoms with van der Waals surface area (Å²) in [6.45, 7) is 10.2. The van der Waals surface area contributed by atoms with Crippen LogP contribution in [-0.2, 0) is 4.74 Å². The van der Waals surface area contributed by atoms with Crippen molar-refractivity contribution in [2.45, 2.75) is 19.9 Å².